The van der Waals surface area contributed by atoms with Gasteiger partial charge in [0.05, 0.1) is 34.8 Å². The number of amides is 2. The van der Waals surface area contributed by atoms with E-state index in [-0.39, 0.29) is 36.0 Å². The first-order valence-corrected chi connectivity index (χ1v) is 19.9. The van der Waals surface area contributed by atoms with Crippen molar-refractivity contribution in [2.45, 2.75) is 64.5 Å². The van der Waals surface area contributed by atoms with Crippen LogP contribution in [0.1, 0.15) is 71.4 Å². The maximum atomic E-state index is 12.6. The van der Waals surface area contributed by atoms with Crippen LogP contribution in [0, 0.1) is 10.1 Å². The molecule has 0 saturated carbocycles. The molecule has 0 aliphatic rings. The second kappa shape index (κ2) is 20.5. The smallest absolute Gasteiger partial charge is 0.357 e. The highest BCUT2D eigenvalue weighted by molar-refractivity contribution is 7.87. The number of nitrogens with zero attached hydrogens (tertiary/aromatic N) is 3. The summed E-state index contributed by atoms with van der Waals surface area (Å²) in [7, 11) is -4.33. The summed E-state index contributed by atoms with van der Waals surface area (Å²) in [6, 6.07) is 30.7. The van der Waals surface area contributed by atoms with Crippen molar-refractivity contribution in [2.75, 3.05) is 4.72 Å². The third-order valence-corrected chi connectivity index (χ3v) is 9.27. The number of rotatable bonds is 17. The number of hydrogen-bond acceptors (Lipinski definition) is 10. The average Bonchev–Trinajstić information content (AvgIpc) is 3.90. The average molecular weight is 809 g/mol. The van der Waals surface area contributed by atoms with Crippen LogP contribution in [0.15, 0.2) is 131 Å². The van der Waals surface area contributed by atoms with Crippen molar-refractivity contribution in [3.05, 3.63) is 177 Å². The van der Waals surface area contributed by atoms with Gasteiger partial charge in [0.15, 0.2) is 0 Å². The second-order valence-corrected chi connectivity index (χ2v) is 14.4. The number of anilines is 1. The number of hydrogen-bond donors (Lipinski definition) is 4. The molecule has 2 amide bonds. The van der Waals surface area contributed by atoms with E-state index in [0.717, 1.165) is 40.1 Å². The maximum Gasteiger partial charge on any atom is 0.357 e. The highest BCUT2D eigenvalue weighted by Gasteiger charge is 2.23. The molecule has 4 N–H and O–H groups in total. The SMILES string of the molecule is CCc1coc([C@H](Cc2ccc(NS(=O)(=O)O)cc2)NC(=O)Cc2ccccc2)n1.CCc1coc([C@H](Cc2ccc([N+](=O)[O-])cc2)NC(=O)Cc2ccccc2)n1. The summed E-state index contributed by atoms with van der Waals surface area (Å²) in [6.45, 7) is 3.94. The molecule has 2 atom stereocenters. The van der Waals surface area contributed by atoms with Crippen molar-refractivity contribution in [3.63, 3.8) is 0 Å². The molecule has 4 aromatic carbocycles. The van der Waals surface area contributed by atoms with E-state index in [1.165, 1.54) is 24.3 Å². The van der Waals surface area contributed by atoms with E-state index in [9.17, 15) is 28.1 Å². The van der Waals surface area contributed by atoms with E-state index >= 15 is 0 Å². The standard InChI is InChI=1S/C21H23N3O5S.C21H21N3O4/c1-2-17-14-29-21(22-17)19(23-20(25)13-15-6-4-3-5-7-15)12-16-8-10-18(11-9-16)24-30(26,27)28;1-2-17-14-28-21(22-17)19(12-16-8-10-18(11-9-16)24(26)27)23-20(25)13-15-6-4-3-5-7-15/h3-11,14,19,24H,2,12-13H2,1H3,(H,23,25)(H,26,27,28);3-11,14,19H,2,12-13H2,1H3,(H,23,25)/t2*19-/m00/s1. The van der Waals surface area contributed by atoms with Gasteiger partial charge in [-0.25, -0.2) is 9.97 Å². The molecule has 6 aromatic rings. The monoisotopic (exact) mass is 808 g/mol. The van der Waals surface area contributed by atoms with Crippen LogP contribution in [0.2, 0.25) is 0 Å². The largest absolute Gasteiger partial charge is 0.446 e. The Balaban J connectivity index is 0.000000221. The lowest BCUT2D eigenvalue weighted by atomic mass is 10.0. The zero-order chi connectivity index (χ0) is 41.5. The number of nitrogens with one attached hydrogen (secondary N) is 3. The van der Waals surface area contributed by atoms with Crippen molar-refractivity contribution in [1.29, 1.82) is 0 Å². The summed E-state index contributed by atoms with van der Waals surface area (Å²) in [5.41, 5.74) is 5.34. The number of aromatic nitrogens is 2. The van der Waals surface area contributed by atoms with Crippen LogP contribution in [0.5, 0.6) is 0 Å². The molecule has 2 heterocycles. The molecule has 0 radical (unpaired) electrons. The third kappa shape index (κ3) is 13.5. The molecule has 58 heavy (non-hydrogen) atoms. The van der Waals surface area contributed by atoms with Crippen LogP contribution in [-0.2, 0) is 58.4 Å². The van der Waals surface area contributed by atoms with Gasteiger partial charge in [0.2, 0.25) is 23.6 Å². The Kier molecular flexibility index (Phi) is 15.0. The fourth-order valence-corrected chi connectivity index (χ4v) is 6.26. The number of carbonyl (C=O) groups excluding carboxylic acids is 2. The van der Waals surface area contributed by atoms with Crippen molar-refractivity contribution < 1.29 is 36.3 Å². The lowest BCUT2D eigenvalue weighted by molar-refractivity contribution is -0.384. The van der Waals surface area contributed by atoms with Gasteiger partial charge in [-0.1, -0.05) is 98.8 Å². The number of oxazole rings is 2. The van der Waals surface area contributed by atoms with E-state index in [1.54, 1.807) is 36.8 Å². The molecule has 0 aliphatic heterocycles. The minimum Gasteiger partial charge on any atom is -0.446 e. The van der Waals surface area contributed by atoms with Gasteiger partial charge < -0.3 is 19.5 Å². The molecule has 0 unspecified atom stereocenters. The summed E-state index contributed by atoms with van der Waals surface area (Å²) in [6.07, 6.45) is 5.90. The predicted molar refractivity (Wildman–Crippen MR) is 216 cm³/mol. The molecule has 0 saturated heterocycles. The molecular weight excluding hydrogens is 765 g/mol. The molecule has 16 heteroatoms. The number of carbonyl (C=O) groups is 2. The molecule has 0 aliphatic carbocycles. The first kappa shape index (κ1) is 42.5. The van der Waals surface area contributed by atoms with E-state index in [1.807, 2.05) is 79.2 Å². The number of nitro groups is 1. The quantitative estimate of drug-likeness (QED) is 0.0423. The first-order valence-electron chi connectivity index (χ1n) is 18.5. The summed E-state index contributed by atoms with van der Waals surface area (Å²) in [5, 5.41) is 16.8. The lowest BCUT2D eigenvalue weighted by Crippen LogP contribution is -2.31. The maximum absolute atomic E-state index is 12.6. The second-order valence-electron chi connectivity index (χ2n) is 13.2. The Bertz CT molecular complexity index is 2350. The van der Waals surface area contributed by atoms with E-state index < -0.39 is 27.3 Å². The van der Waals surface area contributed by atoms with E-state index in [2.05, 4.69) is 20.6 Å². The van der Waals surface area contributed by atoms with Gasteiger partial charge in [-0.3, -0.25) is 29.0 Å². The minimum absolute atomic E-state index is 0.0257. The van der Waals surface area contributed by atoms with E-state index in [0.29, 0.717) is 31.0 Å². The Labute approximate surface area is 336 Å². The number of nitro benzene ring substituents is 1. The Hall–Kier alpha value is -6.65. The zero-order valence-electron chi connectivity index (χ0n) is 31.9. The number of non-ortho nitro benzene ring substituents is 1. The molecular formula is C42H44N6O9S. The van der Waals surface area contributed by atoms with Crippen molar-refractivity contribution >= 4 is 33.5 Å². The van der Waals surface area contributed by atoms with Crippen molar-refractivity contribution in [2.24, 2.45) is 0 Å². The Morgan fingerprint density at radius 2 is 1.09 bits per heavy atom. The van der Waals surface area contributed by atoms with Crippen LogP contribution >= 0.6 is 0 Å². The van der Waals surface area contributed by atoms with Gasteiger partial charge in [-0.15, -0.1) is 0 Å². The fraction of sp³-hybridized carbons (Fsp3) is 0.238. The van der Waals surface area contributed by atoms with Crippen LogP contribution in [0.3, 0.4) is 0 Å². The summed E-state index contributed by atoms with van der Waals surface area (Å²) < 4.78 is 43.9. The molecule has 0 bridgehead atoms. The molecule has 6 rings (SSSR count). The normalized spacial score (nSPS) is 12.1. The summed E-state index contributed by atoms with van der Waals surface area (Å²) >= 11 is 0. The molecule has 0 fully saturated rings. The van der Waals surface area contributed by atoms with Crippen LogP contribution in [0.4, 0.5) is 11.4 Å². The summed E-state index contributed by atoms with van der Waals surface area (Å²) in [5.74, 6) is 0.534. The Morgan fingerprint density at radius 3 is 1.45 bits per heavy atom. The zero-order valence-corrected chi connectivity index (χ0v) is 32.7. The molecule has 0 spiro atoms. The summed E-state index contributed by atoms with van der Waals surface area (Å²) in [4.78, 5) is 44.4. The molecule has 302 valence electrons. The van der Waals surface area contributed by atoms with Crippen LogP contribution in [0.25, 0.3) is 0 Å². The van der Waals surface area contributed by atoms with Gasteiger partial charge in [0.25, 0.3) is 5.69 Å². The predicted octanol–water partition coefficient (Wildman–Crippen LogP) is 6.88. The van der Waals surface area contributed by atoms with Gasteiger partial charge in [0, 0.05) is 25.0 Å². The fourth-order valence-electron chi connectivity index (χ4n) is 5.83. The van der Waals surface area contributed by atoms with Crippen LogP contribution < -0.4 is 15.4 Å². The highest BCUT2D eigenvalue weighted by Crippen LogP contribution is 2.23. The highest BCUT2D eigenvalue weighted by atomic mass is 32.2. The number of aryl methyl sites for hydroxylation is 2. The molecule has 2 aromatic heterocycles. The third-order valence-electron chi connectivity index (χ3n) is 8.77. The number of benzene rings is 4. The van der Waals surface area contributed by atoms with Crippen molar-refractivity contribution in [3.8, 4) is 0 Å². The topological polar surface area (TPSA) is 220 Å². The molecule has 15 nitrogen and oxygen atoms in total. The first-order chi connectivity index (χ1) is 27.9. The van der Waals surface area contributed by atoms with Crippen molar-refractivity contribution in [1.82, 2.24) is 20.6 Å². The van der Waals surface area contributed by atoms with Gasteiger partial charge in [-0.05, 0) is 47.2 Å². The minimum atomic E-state index is -4.33. The van der Waals surface area contributed by atoms with Gasteiger partial charge in [0.1, 0.15) is 24.6 Å². The van der Waals surface area contributed by atoms with Gasteiger partial charge in [-0.2, -0.15) is 8.42 Å². The lowest BCUT2D eigenvalue weighted by Gasteiger charge is -2.16. The van der Waals surface area contributed by atoms with Gasteiger partial charge >= 0.3 is 10.3 Å². The van der Waals surface area contributed by atoms with E-state index in [4.69, 9.17) is 13.4 Å². The Morgan fingerprint density at radius 1 is 0.672 bits per heavy atom. The van der Waals surface area contributed by atoms with Crippen LogP contribution in [-0.4, -0.2) is 39.7 Å².